The van der Waals surface area contributed by atoms with E-state index in [1.807, 2.05) is 0 Å². The van der Waals surface area contributed by atoms with E-state index >= 15 is 0 Å². The van der Waals surface area contributed by atoms with Gasteiger partial charge < -0.3 is 9.47 Å². The van der Waals surface area contributed by atoms with Gasteiger partial charge in [-0.3, -0.25) is 0 Å². The molecule has 1 saturated heterocycles. The third-order valence-corrected chi connectivity index (χ3v) is 4.74. The molecule has 0 aliphatic carbocycles. The summed E-state index contributed by atoms with van der Waals surface area (Å²) >= 11 is 0. The molecule has 3 heteroatoms. The van der Waals surface area contributed by atoms with Gasteiger partial charge in [-0.2, -0.15) is 0 Å². The predicted molar refractivity (Wildman–Crippen MR) is 93.1 cm³/mol. The number of aryl methyl sites for hydroxylation is 1. The summed E-state index contributed by atoms with van der Waals surface area (Å²) in [6.07, 6.45) is 14.8. The molecule has 0 unspecified atom stereocenters. The molecule has 1 aliphatic heterocycles. The van der Waals surface area contributed by atoms with Crippen LogP contribution in [0.5, 0.6) is 0 Å². The van der Waals surface area contributed by atoms with Crippen LogP contribution in [0, 0.1) is 5.92 Å². The Balaban J connectivity index is 1.58. The maximum Gasteiger partial charge on any atom is 0.184 e. The van der Waals surface area contributed by atoms with E-state index in [0.29, 0.717) is 5.92 Å². The first kappa shape index (κ1) is 18.4. The van der Waals surface area contributed by atoms with Crippen LogP contribution in [0.4, 0.5) is 0 Å². The summed E-state index contributed by atoms with van der Waals surface area (Å²) in [5, 5.41) is 0. The van der Waals surface area contributed by atoms with Crippen molar-refractivity contribution in [2.24, 2.45) is 5.92 Å². The average Bonchev–Trinajstić information content (AvgIpc) is 2.61. The smallest absolute Gasteiger partial charge is 0.184 e. The number of nitrogens with zero attached hydrogens (tertiary/aromatic N) is 1. The van der Waals surface area contributed by atoms with Crippen LogP contribution < -0.4 is 4.57 Å². The van der Waals surface area contributed by atoms with E-state index < -0.39 is 0 Å². The van der Waals surface area contributed by atoms with Gasteiger partial charge >= 0.3 is 0 Å². The van der Waals surface area contributed by atoms with E-state index in [0.717, 1.165) is 25.3 Å². The molecule has 0 aromatic carbocycles. The zero-order valence-electron chi connectivity index (χ0n) is 15.0. The van der Waals surface area contributed by atoms with Gasteiger partial charge in [0.2, 0.25) is 0 Å². The Kier molecular flexibility index (Phi) is 8.62. The van der Waals surface area contributed by atoms with Crippen molar-refractivity contribution in [2.75, 3.05) is 13.2 Å². The Morgan fingerprint density at radius 2 is 1.52 bits per heavy atom. The van der Waals surface area contributed by atoms with Gasteiger partial charge in [-0.1, -0.05) is 51.9 Å². The number of aromatic nitrogens is 1. The van der Waals surface area contributed by atoms with Gasteiger partial charge in [-0.25, -0.2) is 4.57 Å². The fraction of sp³-hybridized carbons (Fsp3) is 0.750. The number of ether oxygens (including phenoxy) is 2. The summed E-state index contributed by atoms with van der Waals surface area (Å²) in [4.78, 5) is 0. The monoisotopic (exact) mass is 320 g/mol. The zero-order valence-corrected chi connectivity index (χ0v) is 15.0. The van der Waals surface area contributed by atoms with Crippen molar-refractivity contribution in [3.8, 4) is 0 Å². The van der Waals surface area contributed by atoms with Crippen molar-refractivity contribution in [3.63, 3.8) is 0 Å². The van der Waals surface area contributed by atoms with E-state index in [-0.39, 0.29) is 6.29 Å². The Hall–Kier alpha value is -0.930. The van der Waals surface area contributed by atoms with Gasteiger partial charge in [-0.05, 0) is 13.3 Å². The number of hydrogen-bond acceptors (Lipinski definition) is 2. The molecule has 0 atom stereocenters. The Labute approximate surface area is 142 Å². The third-order valence-electron chi connectivity index (χ3n) is 4.74. The van der Waals surface area contributed by atoms with Crippen molar-refractivity contribution in [3.05, 3.63) is 30.1 Å². The Morgan fingerprint density at radius 3 is 2.13 bits per heavy atom. The van der Waals surface area contributed by atoms with Crippen molar-refractivity contribution in [1.82, 2.24) is 0 Å². The molecule has 3 nitrogen and oxygen atoms in total. The first-order chi connectivity index (χ1) is 11.3. The van der Waals surface area contributed by atoms with E-state index in [1.54, 1.807) is 0 Å². The fourth-order valence-electron chi connectivity index (χ4n) is 3.13. The quantitative estimate of drug-likeness (QED) is 0.456. The molecule has 0 N–H and O–H groups in total. The zero-order chi connectivity index (χ0) is 16.3. The Morgan fingerprint density at radius 1 is 0.913 bits per heavy atom. The summed E-state index contributed by atoms with van der Waals surface area (Å²) < 4.78 is 14.0. The van der Waals surface area contributed by atoms with Crippen molar-refractivity contribution < 1.29 is 14.0 Å². The molecule has 0 saturated carbocycles. The molecule has 0 radical (unpaired) electrons. The van der Waals surface area contributed by atoms with Gasteiger partial charge in [-0.15, -0.1) is 0 Å². The van der Waals surface area contributed by atoms with E-state index in [2.05, 4.69) is 42.9 Å². The van der Waals surface area contributed by atoms with Gasteiger partial charge in [0, 0.05) is 23.6 Å². The molecular weight excluding hydrogens is 286 g/mol. The van der Waals surface area contributed by atoms with Crippen LogP contribution >= 0.6 is 0 Å². The number of rotatable bonds is 10. The number of unbranched alkanes of at least 4 members (excludes halogenated alkanes) is 6. The van der Waals surface area contributed by atoms with E-state index in [1.165, 1.54) is 51.4 Å². The lowest BCUT2D eigenvalue weighted by Gasteiger charge is -2.29. The number of hydrogen-bond donors (Lipinski definition) is 0. The van der Waals surface area contributed by atoms with Crippen LogP contribution in [0.25, 0.3) is 0 Å². The lowest BCUT2D eigenvalue weighted by atomic mass is 10.0. The highest BCUT2D eigenvalue weighted by molar-refractivity contribution is 5.09. The first-order valence-electron chi connectivity index (χ1n) is 9.55. The molecule has 130 valence electrons. The minimum Gasteiger partial charge on any atom is -0.348 e. The van der Waals surface area contributed by atoms with Crippen molar-refractivity contribution in [1.29, 1.82) is 0 Å². The predicted octanol–water partition coefficient (Wildman–Crippen LogP) is 4.80. The molecule has 0 bridgehead atoms. The molecule has 1 aromatic heterocycles. The second-order valence-electron chi connectivity index (χ2n) is 6.74. The first-order valence-corrected chi connectivity index (χ1v) is 9.55. The highest BCUT2D eigenvalue weighted by Gasteiger charge is 2.23. The topological polar surface area (TPSA) is 22.3 Å². The molecule has 2 rings (SSSR count). The average molecular weight is 320 g/mol. The highest BCUT2D eigenvalue weighted by atomic mass is 16.7. The SMILES string of the molecule is CCCCCCCCCC1COC(c2cc[n+](CC)cc2)OC1. The van der Waals surface area contributed by atoms with Crippen LogP contribution in [0.15, 0.2) is 24.5 Å². The van der Waals surface area contributed by atoms with Crippen LogP contribution in [-0.2, 0) is 16.0 Å². The minimum atomic E-state index is -0.174. The summed E-state index contributed by atoms with van der Waals surface area (Å²) in [6, 6.07) is 4.20. The fourth-order valence-corrected chi connectivity index (χ4v) is 3.13. The van der Waals surface area contributed by atoms with E-state index in [9.17, 15) is 0 Å². The maximum absolute atomic E-state index is 5.93. The summed E-state index contributed by atoms with van der Waals surface area (Å²) in [6.45, 7) is 7.08. The van der Waals surface area contributed by atoms with Crippen LogP contribution in [0.2, 0.25) is 0 Å². The van der Waals surface area contributed by atoms with Gasteiger partial charge in [0.1, 0.15) is 6.54 Å². The third kappa shape index (κ3) is 6.60. The molecule has 0 amide bonds. The molecule has 1 fully saturated rings. The lowest BCUT2D eigenvalue weighted by Crippen LogP contribution is -2.32. The van der Waals surface area contributed by atoms with Gasteiger partial charge in [0.15, 0.2) is 18.7 Å². The van der Waals surface area contributed by atoms with Crippen molar-refractivity contribution >= 4 is 0 Å². The van der Waals surface area contributed by atoms with Gasteiger partial charge in [0.05, 0.1) is 13.2 Å². The second-order valence-corrected chi connectivity index (χ2v) is 6.74. The summed E-state index contributed by atoms with van der Waals surface area (Å²) in [5.41, 5.74) is 1.13. The van der Waals surface area contributed by atoms with Gasteiger partial charge in [0.25, 0.3) is 0 Å². The molecule has 0 spiro atoms. The lowest BCUT2D eigenvalue weighted by molar-refractivity contribution is -0.693. The van der Waals surface area contributed by atoms with E-state index in [4.69, 9.17) is 9.47 Å². The second kappa shape index (κ2) is 10.8. The molecule has 1 aliphatic rings. The molecule has 23 heavy (non-hydrogen) atoms. The largest absolute Gasteiger partial charge is 0.348 e. The highest BCUT2D eigenvalue weighted by Crippen LogP contribution is 2.26. The normalized spacial score (nSPS) is 21.5. The van der Waals surface area contributed by atoms with Crippen LogP contribution in [0.3, 0.4) is 0 Å². The Bertz CT molecular complexity index is 410. The van der Waals surface area contributed by atoms with Crippen molar-refractivity contribution in [2.45, 2.75) is 78.0 Å². The minimum absolute atomic E-state index is 0.174. The summed E-state index contributed by atoms with van der Waals surface area (Å²) in [7, 11) is 0. The maximum atomic E-state index is 5.93. The standard InChI is InChI=1S/C20H34NO2/c1-3-5-6-7-8-9-10-11-18-16-22-20(23-17-18)19-12-14-21(4-2)15-13-19/h12-15,18,20H,3-11,16-17H2,1-2H3/q+1. The van der Waals surface area contributed by atoms with Crippen LogP contribution in [0.1, 0.15) is 77.1 Å². The number of pyridine rings is 1. The molecule has 1 aromatic rings. The van der Waals surface area contributed by atoms with Crippen LogP contribution in [-0.4, -0.2) is 13.2 Å². The molecule has 2 heterocycles. The summed E-state index contributed by atoms with van der Waals surface area (Å²) in [5.74, 6) is 0.575. The molecular formula is C20H34NO2+.